The average molecular weight is 398 g/mol. The van der Waals surface area contributed by atoms with Gasteiger partial charge >= 0.3 is 6.18 Å². The van der Waals surface area contributed by atoms with Crippen molar-refractivity contribution in [1.29, 1.82) is 0 Å². The monoisotopic (exact) mass is 397 g/mol. The van der Waals surface area contributed by atoms with E-state index in [-0.39, 0.29) is 17.9 Å². The predicted molar refractivity (Wildman–Crippen MR) is 96.3 cm³/mol. The molecule has 0 saturated carbocycles. The molecule has 3 atom stereocenters. The Morgan fingerprint density at radius 3 is 2.70 bits per heavy atom. The summed E-state index contributed by atoms with van der Waals surface area (Å²) in [6, 6.07) is 9.34. The molecule has 3 unspecified atom stereocenters. The number of nitrogens with one attached hydrogen (secondary N) is 2. The van der Waals surface area contributed by atoms with Crippen molar-refractivity contribution < 1.29 is 18.0 Å². The lowest BCUT2D eigenvalue weighted by Gasteiger charge is -2.21. The average Bonchev–Trinajstić information content (AvgIpc) is 3.11. The molecule has 1 aliphatic rings. The number of amides is 1. The van der Waals surface area contributed by atoms with E-state index in [4.69, 9.17) is 11.6 Å². The quantitative estimate of drug-likeness (QED) is 0.821. The van der Waals surface area contributed by atoms with Crippen molar-refractivity contribution >= 4 is 17.5 Å². The first kappa shape index (κ1) is 19.6. The Labute approximate surface area is 160 Å². The maximum atomic E-state index is 12.7. The minimum Gasteiger partial charge on any atom is -0.349 e. The van der Waals surface area contributed by atoms with E-state index in [1.54, 1.807) is 12.1 Å². The fourth-order valence-corrected chi connectivity index (χ4v) is 3.44. The van der Waals surface area contributed by atoms with E-state index in [0.717, 1.165) is 17.8 Å². The number of carbonyl (C=O) groups is 1. The summed E-state index contributed by atoms with van der Waals surface area (Å²) in [6.45, 7) is 2.79. The predicted octanol–water partition coefficient (Wildman–Crippen LogP) is 3.93. The number of carbonyl (C=O) groups excluding carboxylic acids is 1. The topological polar surface area (TPSA) is 54.0 Å². The highest BCUT2D eigenvalue weighted by atomic mass is 35.5. The zero-order valence-corrected chi connectivity index (χ0v) is 15.3. The van der Waals surface area contributed by atoms with Crippen LogP contribution < -0.4 is 10.6 Å². The van der Waals surface area contributed by atoms with Crippen LogP contribution in [0.1, 0.15) is 35.7 Å². The maximum absolute atomic E-state index is 12.7. The lowest BCUT2D eigenvalue weighted by Crippen LogP contribution is -2.36. The Hall–Kier alpha value is -2.12. The van der Waals surface area contributed by atoms with Crippen LogP contribution in [0.3, 0.4) is 0 Å². The molecule has 0 spiro atoms. The summed E-state index contributed by atoms with van der Waals surface area (Å²) in [5.41, 5.74) is 0.558. The van der Waals surface area contributed by atoms with Gasteiger partial charge in [-0.2, -0.15) is 13.2 Å². The van der Waals surface area contributed by atoms with Crippen molar-refractivity contribution in [2.24, 2.45) is 5.92 Å². The SMILES string of the molecule is CC(NC(=O)C1CNCC1c1ccc(C(F)(F)F)cn1)c1cccc(Cl)c1. The second-order valence-electron chi connectivity index (χ2n) is 6.63. The van der Waals surface area contributed by atoms with Crippen LogP contribution in [0, 0.1) is 5.92 Å². The molecular formula is C19H19ClF3N3O. The van der Waals surface area contributed by atoms with E-state index < -0.39 is 17.7 Å². The van der Waals surface area contributed by atoms with Gasteiger partial charge in [-0.05, 0) is 36.8 Å². The highest BCUT2D eigenvalue weighted by molar-refractivity contribution is 6.30. The summed E-state index contributed by atoms with van der Waals surface area (Å²) in [4.78, 5) is 16.7. The second kappa shape index (κ2) is 7.86. The van der Waals surface area contributed by atoms with Crippen molar-refractivity contribution in [2.75, 3.05) is 13.1 Å². The van der Waals surface area contributed by atoms with E-state index in [0.29, 0.717) is 23.8 Å². The molecule has 1 aliphatic heterocycles. The molecule has 1 aromatic carbocycles. The molecule has 0 radical (unpaired) electrons. The minimum atomic E-state index is -4.43. The zero-order chi connectivity index (χ0) is 19.6. The first-order chi connectivity index (χ1) is 12.8. The molecular weight excluding hydrogens is 379 g/mol. The summed E-state index contributed by atoms with van der Waals surface area (Å²) in [6.07, 6.45) is -3.61. The number of benzene rings is 1. The smallest absolute Gasteiger partial charge is 0.349 e. The molecule has 1 aromatic heterocycles. The van der Waals surface area contributed by atoms with Crippen LogP contribution in [-0.4, -0.2) is 24.0 Å². The minimum absolute atomic E-state index is 0.167. The van der Waals surface area contributed by atoms with E-state index in [1.807, 2.05) is 19.1 Å². The number of halogens is 4. The Morgan fingerprint density at radius 1 is 1.30 bits per heavy atom. The van der Waals surface area contributed by atoms with Crippen LogP contribution in [-0.2, 0) is 11.0 Å². The highest BCUT2D eigenvalue weighted by Gasteiger charge is 2.36. The number of rotatable bonds is 4. The molecule has 0 bridgehead atoms. The molecule has 2 heterocycles. The molecule has 8 heteroatoms. The maximum Gasteiger partial charge on any atom is 0.417 e. The van der Waals surface area contributed by atoms with Gasteiger partial charge in [0.1, 0.15) is 0 Å². The Balaban J connectivity index is 1.71. The number of nitrogens with zero attached hydrogens (tertiary/aromatic N) is 1. The summed E-state index contributed by atoms with van der Waals surface area (Å²) in [5.74, 6) is -0.853. The fourth-order valence-electron chi connectivity index (χ4n) is 3.24. The van der Waals surface area contributed by atoms with Gasteiger partial charge < -0.3 is 10.6 Å². The van der Waals surface area contributed by atoms with Crippen LogP contribution in [0.4, 0.5) is 13.2 Å². The van der Waals surface area contributed by atoms with Gasteiger partial charge in [0, 0.05) is 35.9 Å². The van der Waals surface area contributed by atoms with Gasteiger partial charge in [-0.25, -0.2) is 0 Å². The van der Waals surface area contributed by atoms with Gasteiger partial charge in [-0.15, -0.1) is 0 Å². The molecule has 3 rings (SSSR count). The molecule has 144 valence electrons. The van der Waals surface area contributed by atoms with E-state index in [9.17, 15) is 18.0 Å². The third-order valence-electron chi connectivity index (χ3n) is 4.75. The summed E-state index contributed by atoms with van der Waals surface area (Å²) in [7, 11) is 0. The van der Waals surface area contributed by atoms with Gasteiger partial charge in [0.25, 0.3) is 0 Å². The zero-order valence-electron chi connectivity index (χ0n) is 14.6. The van der Waals surface area contributed by atoms with Crippen molar-refractivity contribution in [3.05, 3.63) is 64.4 Å². The second-order valence-corrected chi connectivity index (χ2v) is 7.06. The van der Waals surface area contributed by atoms with E-state index >= 15 is 0 Å². The van der Waals surface area contributed by atoms with Gasteiger partial charge in [-0.3, -0.25) is 9.78 Å². The number of pyridine rings is 1. The van der Waals surface area contributed by atoms with Crippen molar-refractivity contribution in [1.82, 2.24) is 15.6 Å². The standard InChI is InChI=1S/C19H19ClF3N3O/c1-11(12-3-2-4-14(20)7-12)26-18(27)16-10-24-9-15(16)17-6-5-13(8-25-17)19(21,22)23/h2-8,11,15-16,24H,9-10H2,1H3,(H,26,27). The Kier molecular flexibility index (Phi) is 5.72. The lowest BCUT2D eigenvalue weighted by atomic mass is 9.91. The normalized spacial score (nSPS) is 21.1. The first-order valence-corrected chi connectivity index (χ1v) is 8.93. The van der Waals surface area contributed by atoms with E-state index in [2.05, 4.69) is 15.6 Å². The fraction of sp³-hybridized carbons (Fsp3) is 0.368. The summed E-state index contributed by atoms with van der Waals surface area (Å²) >= 11 is 5.99. The van der Waals surface area contributed by atoms with Crippen LogP contribution in [0.5, 0.6) is 0 Å². The number of hydrogen-bond donors (Lipinski definition) is 2. The molecule has 27 heavy (non-hydrogen) atoms. The number of aromatic nitrogens is 1. The molecule has 1 saturated heterocycles. The summed E-state index contributed by atoms with van der Waals surface area (Å²) < 4.78 is 38.1. The molecule has 4 nitrogen and oxygen atoms in total. The van der Waals surface area contributed by atoms with Crippen LogP contribution in [0.15, 0.2) is 42.6 Å². The van der Waals surface area contributed by atoms with Crippen LogP contribution in [0.25, 0.3) is 0 Å². The third kappa shape index (κ3) is 4.59. The van der Waals surface area contributed by atoms with Crippen LogP contribution in [0.2, 0.25) is 5.02 Å². The Bertz CT molecular complexity index is 811. The van der Waals surface area contributed by atoms with Crippen molar-refractivity contribution in [3.63, 3.8) is 0 Å². The molecule has 2 aromatic rings. The lowest BCUT2D eigenvalue weighted by molar-refractivity contribution is -0.137. The molecule has 1 fully saturated rings. The number of alkyl halides is 3. The van der Waals surface area contributed by atoms with Crippen molar-refractivity contribution in [3.8, 4) is 0 Å². The van der Waals surface area contributed by atoms with Crippen LogP contribution >= 0.6 is 11.6 Å². The molecule has 1 amide bonds. The third-order valence-corrected chi connectivity index (χ3v) is 4.99. The van der Waals surface area contributed by atoms with Gasteiger partial charge in [0.2, 0.25) is 5.91 Å². The van der Waals surface area contributed by atoms with Gasteiger partial charge in [-0.1, -0.05) is 23.7 Å². The van der Waals surface area contributed by atoms with E-state index in [1.165, 1.54) is 6.07 Å². The largest absolute Gasteiger partial charge is 0.417 e. The molecule has 0 aliphatic carbocycles. The number of hydrogen-bond acceptors (Lipinski definition) is 3. The van der Waals surface area contributed by atoms with Gasteiger partial charge in [0.05, 0.1) is 17.5 Å². The first-order valence-electron chi connectivity index (χ1n) is 8.55. The molecule has 2 N–H and O–H groups in total. The summed E-state index contributed by atoms with van der Waals surface area (Å²) in [5, 5.41) is 6.67. The Morgan fingerprint density at radius 2 is 2.07 bits per heavy atom. The van der Waals surface area contributed by atoms with Crippen molar-refractivity contribution in [2.45, 2.75) is 25.1 Å². The highest BCUT2D eigenvalue weighted by Crippen LogP contribution is 2.32. The van der Waals surface area contributed by atoms with Gasteiger partial charge in [0.15, 0.2) is 0 Å².